The van der Waals surface area contributed by atoms with Crippen molar-refractivity contribution < 1.29 is 13.2 Å². The SMILES string of the molecule is Cc1ccc(C)c(N(C(C)C(=O)NCC(C)c2ccccc2)S(C)(=O)=O)c1. The van der Waals surface area contributed by atoms with Gasteiger partial charge in [0.25, 0.3) is 0 Å². The van der Waals surface area contributed by atoms with Crippen molar-refractivity contribution >= 4 is 21.6 Å². The van der Waals surface area contributed by atoms with Crippen LogP contribution in [0.25, 0.3) is 0 Å². The molecule has 27 heavy (non-hydrogen) atoms. The van der Waals surface area contributed by atoms with Crippen LogP contribution in [0.2, 0.25) is 0 Å². The van der Waals surface area contributed by atoms with E-state index in [0.29, 0.717) is 12.2 Å². The molecule has 0 bridgehead atoms. The Balaban J connectivity index is 2.19. The highest BCUT2D eigenvalue weighted by molar-refractivity contribution is 7.92. The summed E-state index contributed by atoms with van der Waals surface area (Å²) in [6, 6.07) is 14.6. The number of hydrogen-bond acceptors (Lipinski definition) is 3. The molecular formula is C21H28N2O3S. The Morgan fingerprint density at radius 1 is 1.07 bits per heavy atom. The average Bonchev–Trinajstić information content (AvgIpc) is 2.62. The van der Waals surface area contributed by atoms with Crippen molar-refractivity contribution in [3.63, 3.8) is 0 Å². The highest BCUT2D eigenvalue weighted by Crippen LogP contribution is 2.26. The number of amides is 1. The molecule has 0 aromatic heterocycles. The summed E-state index contributed by atoms with van der Waals surface area (Å²) in [4.78, 5) is 12.7. The summed E-state index contributed by atoms with van der Waals surface area (Å²) < 4.78 is 26.1. The van der Waals surface area contributed by atoms with Crippen LogP contribution < -0.4 is 9.62 Å². The molecule has 1 amide bonds. The van der Waals surface area contributed by atoms with Gasteiger partial charge in [0.2, 0.25) is 15.9 Å². The lowest BCUT2D eigenvalue weighted by Crippen LogP contribution is -2.48. The normalized spacial score (nSPS) is 13.7. The molecule has 2 rings (SSSR count). The molecule has 0 aliphatic heterocycles. The van der Waals surface area contributed by atoms with E-state index in [0.717, 1.165) is 22.9 Å². The maximum Gasteiger partial charge on any atom is 0.243 e. The van der Waals surface area contributed by atoms with Gasteiger partial charge in [-0.25, -0.2) is 8.42 Å². The standard InChI is InChI=1S/C21H28N2O3S/c1-15-11-12-16(2)20(13-15)23(27(5,25)26)18(4)21(24)22-14-17(3)19-9-7-6-8-10-19/h6-13,17-18H,14H2,1-5H3,(H,22,24). The minimum atomic E-state index is -3.62. The zero-order valence-electron chi connectivity index (χ0n) is 16.6. The summed E-state index contributed by atoms with van der Waals surface area (Å²) >= 11 is 0. The Morgan fingerprint density at radius 2 is 1.70 bits per heavy atom. The molecule has 0 aliphatic rings. The zero-order chi connectivity index (χ0) is 20.2. The Bertz CT molecular complexity index is 895. The summed E-state index contributed by atoms with van der Waals surface area (Å²) in [5.41, 5.74) is 3.41. The van der Waals surface area contributed by atoms with Gasteiger partial charge in [-0.1, -0.05) is 49.4 Å². The van der Waals surface area contributed by atoms with Crippen LogP contribution in [0.15, 0.2) is 48.5 Å². The van der Waals surface area contributed by atoms with Crippen LogP contribution in [-0.4, -0.2) is 33.2 Å². The zero-order valence-corrected chi connectivity index (χ0v) is 17.4. The molecule has 2 aromatic carbocycles. The predicted molar refractivity (Wildman–Crippen MR) is 111 cm³/mol. The van der Waals surface area contributed by atoms with Crippen molar-refractivity contribution in [2.45, 2.75) is 39.7 Å². The fraction of sp³-hybridized carbons (Fsp3) is 0.381. The number of rotatable bonds is 7. The summed E-state index contributed by atoms with van der Waals surface area (Å²) in [7, 11) is -3.62. The second-order valence-corrected chi connectivity index (χ2v) is 8.94. The van der Waals surface area contributed by atoms with Crippen LogP contribution in [0, 0.1) is 13.8 Å². The van der Waals surface area contributed by atoms with Crippen molar-refractivity contribution in [3.05, 3.63) is 65.2 Å². The summed E-state index contributed by atoms with van der Waals surface area (Å²) in [6.45, 7) is 7.83. The first-order chi connectivity index (χ1) is 12.6. The predicted octanol–water partition coefficient (Wildman–Crippen LogP) is 3.38. The molecule has 2 aromatic rings. The van der Waals surface area contributed by atoms with Gasteiger partial charge in [0.05, 0.1) is 11.9 Å². The Kier molecular flexibility index (Phi) is 6.65. The maximum atomic E-state index is 12.7. The molecule has 0 saturated heterocycles. The van der Waals surface area contributed by atoms with Crippen molar-refractivity contribution in [1.29, 1.82) is 0 Å². The van der Waals surface area contributed by atoms with Crippen LogP contribution in [0.3, 0.4) is 0 Å². The van der Waals surface area contributed by atoms with Crippen molar-refractivity contribution in [3.8, 4) is 0 Å². The van der Waals surface area contributed by atoms with E-state index in [2.05, 4.69) is 5.32 Å². The quantitative estimate of drug-likeness (QED) is 0.791. The van der Waals surface area contributed by atoms with E-state index < -0.39 is 16.1 Å². The minimum absolute atomic E-state index is 0.134. The molecule has 2 atom stereocenters. The second kappa shape index (κ2) is 8.57. The largest absolute Gasteiger partial charge is 0.354 e. The molecule has 0 saturated carbocycles. The highest BCUT2D eigenvalue weighted by Gasteiger charge is 2.30. The van der Waals surface area contributed by atoms with Gasteiger partial charge in [-0.2, -0.15) is 0 Å². The monoisotopic (exact) mass is 388 g/mol. The average molecular weight is 389 g/mol. The highest BCUT2D eigenvalue weighted by atomic mass is 32.2. The van der Waals surface area contributed by atoms with Crippen molar-refractivity contribution in [2.75, 3.05) is 17.1 Å². The molecule has 0 spiro atoms. The third-order valence-electron chi connectivity index (χ3n) is 4.64. The molecule has 0 heterocycles. The van der Waals surface area contributed by atoms with Gasteiger partial charge in [-0.15, -0.1) is 0 Å². The van der Waals surface area contributed by atoms with E-state index in [1.807, 2.05) is 63.2 Å². The van der Waals surface area contributed by atoms with Gasteiger partial charge >= 0.3 is 0 Å². The van der Waals surface area contributed by atoms with Gasteiger partial charge in [0.15, 0.2) is 0 Å². The van der Waals surface area contributed by atoms with Gasteiger partial charge in [0.1, 0.15) is 6.04 Å². The minimum Gasteiger partial charge on any atom is -0.354 e. The fourth-order valence-electron chi connectivity index (χ4n) is 3.04. The molecule has 6 heteroatoms. The summed E-state index contributed by atoms with van der Waals surface area (Å²) in [6.07, 6.45) is 1.13. The van der Waals surface area contributed by atoms with Crippen LogP contribution >= 0.6 is 0 Å². The number of benzene rings is 2. The lowest BCUT2D eigenvalue weighted by Gasteiger charge is -2.30. The number of sulfonamides is 1. The van der Waals surface area contributed by atoms with E-state index in [1.165, 1.54) is 4.31 Å². The molecule has 0 radical (unpaired) electrons. The van der Waals surface area contributed by atoms with E-state index >= 15 is 0 Å². The van der Waals surface area contributed by atoms with Gasteiger partial charge < -0.3 is 5.32 Å². The molecular weight excluding hydrogens is 360 g/mol. The number of hydrogen-bond donors (Lipinski definition) is 1. The second-order valence-electron chi connectivity index (χ2n) is 7.08. The smallest absolute Gasteiger partial charge is 0.243 e. The van der Waals surface area contributed by atoms with Crippen LogP contribution in [0.4, 0.5) is 5.69 Å². The number of nitrogens with one attached hydrogen (secondary N) is 1. The maximum absolute atomic E-state index is 12.7. The number of aryl methyl sites for hydroxylation is 2. The molecule has 0 fully saturated rings. The fourth-order valence-corrected chi connectivity index (χ4v) is 4.26. The first-order valence-corrected chi connectivity index (χ1v) is 10.9. The molecule has 146 valence electrons. The van der Waals surface area contributed by atoms with Gasteiger partial charge in [0, 0.05) is 6.54 Å². The van der Waals surface area contributed by atoms with Crippen LogP contribution in [0.1, 0.15) is 36.5 Å². The van der Waals surface area contributed by atoms with Crippen LogP contribution in [-0.2, 0) is 14.8 Å². The summed E-state index contributed by atoms with van der Waals surface area (Å²) in [5, 5.41) is 2.89. The lowest BCUT2D eigenvalue weighted by atomic mass is 10.0. The summed E-state index contributed by atoms with van der Waals surface area (Å²) in [5.74, 6) is -0.182. The first-order valence-electron chi connectivity index (χ1n) is 9.00. The van der Waals surface area contributed by atoms with E-state index in [9.17, 15) is 13.2 Å². The van der Waals surface area contributed by atoms with Crippen molar-refractivity contribution in [1.82, 2.24) is 5.32 Å². The van der Waals surface area contributed by atoms with E-state index in [4.69, 9.17) is 0 Å². The van der Waals surface area contributed by atoms with Gasteiger partial charge in [-0.3, -0.25) is 9.10 Å². The third-order valence-corrected chi connectivity index (χ3v) is 5.87. The Morgan fingerprint density at radius 3 is 2.30 bits per heavy atom. The Labute approximate surface area is 162 Å². The Hall–Kier alpha value is -2.34. The number of nitrogens with zero attached hydrogens (tertiary/aromatic N) is 1. The molecule has 1 N–H and O–H groups in total. The molecule has 2 unspecified atom stereocenters. The first kappa shape index (κ1) is 21.0. The topological polar surface area (TPSA) is 66.5 Å². The van der Waals surface area contributed by atoms with E-state index in [1.54, 1.807) is 13.0 Å². The van der Waals surface area contributed by atoms with E-state index in [-0.39, 0.29) is 11.8 Å². The van der Waals surface area contributed by atoms with Crippen LogP contribution in [0.5, 0.6) is 0 Å². The number of anilines is 1. The molecule has 5 nitrogen and oxygen atoms in total. The van der Waals surface area contributed by atoms with Gasteiger partial charge in [-0.05, 0) is 49.4 Å². The third kappa shape index (κ3) is 5.32. The number of carbonyl (C=O) groups excluding carboxylic acids is 1. The van der Waals surface area contributed by atoms with Crippen molar-refractivity contribution in [2.24, 2.45) is 0 Å². The molecule has 0 aliphatic carbocycles. The number of carbonyl (C=O) groups is 1. The lowest BCUT2D eigenvalue weighted by molar-refractivity contribution is -0.121.